The zero-order valence-corrected chi connectivity index (χ0v) is 11.1. The molecular formula is C12H21NO2Si. The molecule has 4 heteroatoms. The molecule has 0 radical (unpaired) electrons. The zero-order chi connectivity index (χ0) is 12.3. The van der Waals surface area contributed by atoms with Crippen molar-refractivity contribution >= 4 is 13.3 Å². The summed E-state index contributed by atoms with van der Waals surface area (Å²) in [6.07, 6.45) is -1.78. The SMILES string of the molecule is C[Si](C)(C)c1cccc(C(O)C(O)CN)c1. The summed E-state index contributed by atoms with van der Waals surface area (Å²) in [7, 11) is -1.38. The quantitative estimate of drug-likeness (QED) is 0.674. The molecule has 1 aromatic rings. The standard InChI is InChI=1S/C12H21NO2Si/c1-16(2,3)10-6-4-5-9(7-10)12(15)11(14)8-13/h4-7,11-12,14-15H,8,13H2,1-3H3. The van der Waals surface area contributed by atoms with Gasteiger partial charge in [-0.25, -0.2) is 0 Å². The molecule has 0 aliphatic heterocycles. The molecule has 0 bridgehead atoms. The third-order valence-electron chi connectivity index (χ3n) is 2.70. The van der Waals surface area contributed by atoms with Gasteiger partial charge >= 0.3 is 0 Å². The van der Waals surface area contributed by atoms with Crippen molar-refractivity contribution in [1.29, 1.82) is 0 Å². The molecule has 2 atom stereocenters. The molecule has 0 aromatic heterocycles. The first-order valence-corrected chi connectivity index (χ1v) is 9.03. The maximum absolute atomic E-state index is 9.86. The predicted molar refractivity (Wildman–Crippen MR) is 69.4 cm³/mol. The smallest absolute Gasteiger partial charge is 0.106 e. The third kappa shape index (κ3) is 3.15. The van der Waals surface area contributed by atoms with Gasteiger partial charge in [-0.15, -0.1) is 0 Å². The van der Waals surface area contributed by atoms with Crippen LogP contribution in [0.1, 0.15) is 11.7 Å². The largest absolute Gasteiger partial charge is 0.389 e. The molecule has 0 amide bonds. The summed E-state index contributed by atoms with van der Waals surface area (Å²) in [5, 5.41) is 20.6. The molecule has 16 heavy (non-hydrogen) atoms. The van der Waals surface area contributed by atoms with E-state index in [0.29, 0.717) is 0 Å². The Morgan fingerprint density at radius 1 is 1.25 bits per heavy atom. The second kappa shape index (κ2) is 5.10. The average Bonchev–Trinajstić information content (AvgIpc) is 2.26. The normalized spacial score (nSPS) is 15.9. The van der Waals surface area contributed by atoms with E-state index in [4.69, 9.17) is 5.73 Å². The van der Waals surface area contributed by atoms with E-state index >= 15 is 0 Å². The average molecular weight is 239 g/mol. The van der Waals surface area contributed by atoms with Crippen LogP contribution in [0, 0.1) is 0 Å². The van der Waals surface area contributed by atoms with E-state index in [1.54, 1.807) is 0 Å². The first kappa shape index (κ1) is 13.4. The van der Waals surface area contributed by atoms with Gasteiger partial charge in [-0.2, -0.15) is 0 Å². The Morgan fingerprint density at radius 2 is 1.88 bits per heavy atom. The van der Waals surface area contributed by atoms with Crippen molar-refractivity contribution in [2.75, 3.05) is 6.54 Å². The maximum Gasteiger partial charge on any atom is 0.106 e. The highest BCUT2D eigenvalue weighted by atomic mass is 28.3. The lowest BCUT2D eigenvalue weighted by molar-refractivity contribution is 0.0244. The highest BCUT2D eigenvalue weighted by Crippen LogP contribution is 2.16. The van der Waals surface area contributed by atoms with Crippen molar-refractivity contribution in [3.8, 4) is 0 Å². The van der Waals surface area contributed by atoms with E-state index in [1.165, 1.54) is 5.19 Å². The van der Waals surface area contributed by atoms with Gasteiger partial charge in [0, 0.05) is 6.54 Å². The summed E-state index contributed by atoms with van der Waals surface area (Å²) in [6.45, 7) is 6.81. The van der Waals surface area contributed by atoms with Gasteiger partial charge in [0.05, 0.1) is 14.2 Å². The van der Waals surface area contributed by atoms with Crippen LogP contribution in [0.25, 0.3) is 0 Å². The Balaban J connectivity index is 2.99. The second-order valence-corrected chi connectivity index (χ2v) is 10.2. The molecule has 0 heterocycles. The summed E-state index contributed by atoms with van der Waals surface area (Å²) < 4.78 is 0. The fourth-order valence-electron chi connectivity index (χ4n) is 1.54. The van der Waals surface area contributed by atoms with Gasteiger partial charge in [-0.1, -0.05) is 49.1 Å². The topological polar surface area (TPSA) is 66.5 Å². The van der Waals surface area contributed by atoms with Crippen LogP contribution in [-0.4, -0.2) is 30.9 Å². The van der Waals surface area contributed by atoms with Crippen LogP contribution in [0.5, 0.6) is 0 Å². The lowest BCUT2D eigenvalue weighted by atomic mass is 10.0. The fraction of sp³-hybridized carbons (Fsp3) is 0.500. The lowest BCUT2D eigenvalue weighted by Gasteiger charge is -2.21. The van der Waals surface area contributed by atoms with Crippen molar-refractivity contribution in [3.63, 3.8) is 0 Å². The molecule has 0 saturated carbocycles. The molecule has 0 fully saturated rings. The van der Waals surface area contributed by atoms with Crippen LogP contribution in [-0.2, 0) is 0 Å². The summed E-state index contributed by atoms with van der Waals surface area (Å²) >= 11 is 0. The Hall–Kier alpha value is -0.683. The molecule has 0 saturated heterocycles. The van der Waals surface area contributed by atoms with Gasteiger partial charge < -0.3 is 15.9 Å². The van der Waals surface area contributed by atoms with Gasteiger partial charge in [-0.3, -0.25) is 0 Å². The Labute approximate surface area is 97.9 Å². The van der Waals surface area contributed by atoms with Gasteiger partial charge in [0.25, 0.3) is 0 Å². The van der Waals surface area contributed by atoms with Crippen LogP contribution < -0.4 is 10.9 Å². The van der Waals surface area contributed by atoms with Crippen LogP contribution >= 0.6 is 0 Å². The van der Waals surface area contributed by atoms with Crippen LogP contribution in [0.4, 0.5) is 0 Å². The first-order chi connectivity index (χ1) is 7.36. The predicted octanol–water partition coefficient (Wildman–Crippen LogP) is 0.585. The summed E-state index contributed by atoms with van der Waals surface area (Å²) in [4.78, 5) is 0. The molecule has 0 aliphatic carbocycles. The summed E-state index contributed by atoms with van der Waals surface area (Å²) in [6, 6.07) is 7.82. The van der Waals surface area contributed by atoms with Gasteiger partial charge in [0.2, 0.25) is 0 Å². The van der Waals surface area contributed by atoms with Crippen molar-refractivity contribution in [2.24, 2.45) is 5.73 Å². The minimum absolute atomic E-state index is 0.0678. The first-order valence-electron chi connectivity index (χ1n) is 5.53. The van der Waals surface area contributed by atoms with E-state index in [0.717, 1.165) is 5.56 Å². The van der Waals surface area contributed by atoms with E-state index in [2.05, 4.69) is 25.7 Å². The number of aliphatic hydroxyl groups excluding tert-OH is 2. The fourth-order valence-corrected chi connectivity index (χ4v) is 2.74. The molecule has 1 rings (SSSR count). The van der Waals surface area contributed by atoms with E-state index in [1.807, 2.05) is 18.2 Å². The number of hydrogen-bond donors (Lipinski definition) is 3. The van der Waals surface area contributed by atoms with Gasteiger partial charge in [0.1, 0.15) is 6.10 Å². The third-order valence-corrected chi connectivity index (χ3v) is 4.74. The Bertz CT molecular complexity index is 349. The molecule has 90 valence electrons. The van der Waals surface area contributed by atoms with E-state index in [9.17, 15) is 10.2 Å². The van der Waals surface area contributed by atoms with Crippen molar-refractivity contribution < 1.29 is 10.2 Å². The van der Waals surface area contributed by atoms with Crippen LogP contribution in [0.15, 0.2) is 24.3 Å². The van der Waals surface area contributed by atoms with Gasteiger partial charge in [-0.05, 0) is 5.56 Å². The van der Waals surface area contributed by atoms with E-state index < -0.39 is 20.3 Å². The second-order valence-electron chi connectivity index (χ2n) is 5.12. The van der Waals surface area contributed by atoms with Crippen LogP contribution in [0.3, 0.4) is 0 Å². The molecule has 2 unspecified atom stereocenters. The number of rotatable bonds is 4. The molecule has 3 nitrogen and oxygen atoms in total. The zero-order valence-electron chi connectivity index (χ0n) is 10.1. The Kier molecular flexibility index (Phi) is 4.26. The number of aliphatic hydroxyl groups is 2. The van der Waals surface area contributed by atoms with Crippen molar-refractivity contribution in [3.05, 3.63) is 29.8 Å². The number of nitrogens with two attached hydrogens (primary N) is 1. The van der Waals surface area contributed by atoms with Crippen molar-refractivity contribution in [2.45, 2.75) is 31.8 Å². The highest BCUT2D eigenvalue weighted by Gasteiger charge is 2.20. The minimum atomic E-state index is -1.38. The van der Waals surface area contributed by atoms with E-state index in [-0.39, 0.29) is 6.54 Å². The molecular weight excluding hydrogens is 218 g/mol. The highest BCUT2D eigenvalue weighted by molar-refractivity contribution is 6.88. The van der Waals surface area contributed by atoms with Gasteiger partial charge in [0.15, 0.2) is 0 Å². The Morgan fingerprint density at radius 3 is 2.38 bits per heavy atom. The molecule has 0 spiro atoms. The summed E-state index contributed by atoms with van der Waals surface area (Å²) in [5.74, 6) is 0. The monoisotopic (exact) mass is 239 g/mol. The lowest BCUT2D eigenvalue weighted by Crippen LogP contribution is -2.38. The molecule has 4 N–H and O–H groups in total. The maximum atomic E-state index is 9.86. The summed E-state index contributed by atoms with van der Waals surface area (Å²) in [5.41, 5.74) is 6.08. The molecule has 1 aromatic carbocycles. The van der Waals surface area contributed by atoms with Crippen LogP contribution in [0.2, 0.25) is 19.6 Å². The number of benzene rings is 1. The molecule has 0 aliphatic rings. The van der Waals surface area contributed by atoms with Crippen molar-refractivity contribution in [1.82, 2.24) is 0 Å². The number of hydrogen-bond acceptors (Lipinski definition) is 3. The minimum Gasteiger partial charge on any atom is -0.389 e.